The predicted octanol–water partition coefficient (Wildman–Crippen LogP) is 0.312. The maximum atomic E-state index is 10.6. The zero-order valence-corrected chi connectivity index (χ0v) is 10.5. The van der Waals surface area contributed by atoms with Gasteiger partial charge in [0.25, 0.3) is 0 Å². The van der Waals surface area contributed by atoms with E-state index >= 15 is 0 Å². The van der Waals surface area contributed by atoms with Gasteiger partial charge in [0.1, 0.15) is 6.20 Å². The third-order valence-electron chi connectivity index (χ3n) is 1.93. The van der Waals surface area contributed by atoms with Crippen molar-refractivity contribution in [2.45, 2.75) is 0 Å². The van der Waals surface area contributed by atoms with Gasteiger partial charge in [0.15, 0.2) is 10.8 Å². The highest BCUT2D eigenvalue weighted by Crippen LogP contribution is 2.08. The van der Waals surface area contributed by atoms with Gasteiger partial charge in [-0.25, -0.2) is 4.57 Å². The molecule has 8 nitrogen and oxygen atoms in total. The number of thiocarbonyl (C=S) groups is 1. The van der Waals surface area contributed by atoms with Gasteiger partial charge in [-0.15, -0.1) is 6.58 Å². The summed E-state index contributed by atoms with van der Waals surface area (Å²) in [4.78, 5) is 13.6. The normalized spacial score (nSPS) is 10.3. The highest BCUT2D eigenvalue weighted by atomic mass is 32.1. The van der Waals surface area contributed by atoms with Gasteiger partial charge in [-0.3, -0.25) is 5.43 Å². The van der Waals surface area contributed by atoms with Crippen LogP contribution in [0.1, 0.15) is 5.69 Å². The summed E-state index contributed by atoms with van der Waals surface area (Å²) in [6, 6.07) is 0. The summed E-state index contributed by atoms with van der Waals surface area (Å²) in [6.45, 7) is 4.05. The van der Waals surface area contributed by atoms with Crippen molar-refractivity contribution in [1.29, 1.82) is 0 Å². The monoisotopic (exact) mass is 268 g/mol. The van der Waals surface area contributed by atoms with Crippen molar-refractivity contribution < 1.29 is 4.92 Å². The van der Waals surface area contributed by atoms with E-state index in [1.807, 2.05) is 0 Å². The fraction of sp³-hybridized carbons (Fsp3) is 0.222. The number of aromatic nitrogens is 2. The van der Waals surface area contributed by atoms with Crippen molar-refractivity contribution in [3.63, 3.8) is 0 Å². The number of hydrazone groups is 1. The van der Waals surface area contributed by atoms with Crippen molar-refractivity contribution in [1.82, 2.24) is 20.3 Å². The number of nitro groups is 1. The molecule has 0 saturated heterocycles. The molecule has 0 saturated carbocycles. The molecule has 0 atom stereocenters. The summed E-state index contributed by atoms with van der Waals surface area (Å²) in [5, 5.41) is 17.5. The Bertz CT molecular complexity index is 495. The second-order valence-electron chi connectivity index (χ2n) is 3.17. The van der Waals surface area contributed by atoms with Gasteiger partial charge in [-0.1, -0.05) is 11.1 Å². The molecule has 1 rings (SSSR count). The van der Waals surface area contributed by atoms with Crippen molar-refractivity contribution in [2.75, 3.05) is 6.54 Å². The van der Waals surface area contributed by atoms with E-state index in [9.17, 15) is 10.1 Å². The average molecular weight is 268 g/mol. The third-order valence-corrected chi connectivity index (χ3v) is 2.17. The number of nitrogens with zero attached hydrogens (tertiary/aromatic N) is 4. The van der Waals surface area contributed by atoms with Crippen LogP contribution >= 0.6 is 12.2 Å². The molecule has 0 aliphatic rings. The van der Waals surface area contributed by atoms with Gasteiger partial charge in [-0.2, -0.15) is 5.10 Å². The van der Waals surface area contributed by atoms with Crippen LogP contribution in [-0.4, -0.2) is 32.3 Å². The first-order chi connectivity index (χ1) is 8.56. The SMILES string of the molecule is C=CCNC(=S)NN=Cc1cnc([N+](=O)[O-])n1C. The van der Waals surface area contributed by atoms with E-state index in [1.165, 1.54) is 24.0 Å². The molecule has 0 aromatic carbocycles. The highest BCUT2D eigenvalue weighted by molar-refractivity contribution is 7.80. The topological polar surface area (TPSA) is 97.4 Å². The summed E-state index contributed by atoms with van der Waals surface area (Å²) in [6.07, 6.45) is 4.40. The molecular weight excluding hydrogens is 256 g/mol. The van der Waals surface area contributed by atoms with Crippen molar-refractivity contribution >= 4 is 29.5 Å². The van der Waals surface area contributed by atoms with Crippen LogP contribution in [0.5, 0.6) is 0 Å². The van der Waals surface area contributed by atoms with E-state index in [2.05, 4.69) is 27.4 Å². The minimum Gasteiger partial charge on any atom is -0.390 e. The quantitative estimate of drug-likeness (QED) is 0.262. The van der Waals surface area contributed by atoms with Crippen molar-refractivity contribution in [2.24, 2.45) is 12.1 Å². The number of hydrogen-bond donors (Lipinski definition) is 2. The Morgan fingerprint density at radius 3 is 3.11 bits per heavy atom. The van der Waals surface area contributed by atoms with Crippen LogP contribution in [0.15, 0.2) is 24.0 Å². The maximum Gasteiger partial charge on any atom is 0.434 e. The summed E-state index contributed by atoms with van der Waals surface area (Å²) in [5.41, 5.74) is 3.05. The Morgan fingerprint density at radius 2 is 2.56 bits per heavy atom. The lowest BCUT2D eigenvalue weighted by molar-refractivity contribution is -0.396. The smallest absolute Gasteiger partial charge is 0.390 e. The van der Waals surface area contributed by atoms with Crippen LogP contribution in [0.3, 0.4) is 0 Å². The van der Waals surface area contributed by atoms with Crippen molar-refractivity contribution in [3.8, 4) is 0 Å². The molecule has 1 aromatic rings. The fourth-order valence-corrected chi connectivity index (χ4v) is 1.20. The minimum atomic E-state index is -0.568. The molecular formula is C9H12N6O2S. The Kier molecular flexibility index (Phi) is 4.93. The molecule has 0 aliphatic carbocycles. The van der Waals surface area contributed by atoms with E-state index in [0.717, 1.165) is 0 Å². The molecule has 0 amide bonds. The Morgan fingerprint density at radius 1 is 1.83 bits per heavy atom. The Hall–Kier alpha value is -2.29. The first-order valence-corrected chi connectivity index (χ1v) is 5.31. The van der Waals surface area contributed by atoms with Gasteiger partial charge in [-0.05, 0) is 17.1 Å². The van der Waals surface area contributed by atoms with Crippen molar-refractivity contribution in [3.05, 3.63) is 34.7 Å². The van der Waals surface area contributed by atoms with E-state index in [0.29, 0.717) is 17.4 Å². The molecule has 1 aromatic heterocycles. The maximum absolute atomic E-state index is 10.6. The van der Waals surface area contributed by atoms with Crippen LogP contribution in [0, 0.1) is 10.1 Å². The lowest BCUT2D eigenvalue weighted by Crippen LogP contribution is -2.31. The number of nitrogens with one attached hydrogen (secondary N) is 2. The third kappa shape index (κ3) is 3.63. The van der Waals surface area contributed by atoms with Gasteiger partial charge in [0.05, 0.1) is 13.3 Å². The molecule has 0 unspecified atom stereocenters. The second kappa shape index (κ2) is 6.45. The van der Waals surface area contributed by atoms with Gasteiger partial charge in [0, 0.05) is 6.54 Å². The first kappa shape index (κ1) is 13.8. The van der Waals surface area contributed by atoms with Gasteiger partial charge >= 0.3 is 5.95 Å². The van der Waals surface area contributed by atoms with Crippen LogP contribution in [0.2, 0.25) is 0 Å². The number of imidazole rings is 1. The van der Waals surface area contributed by atoms with Gasteiger partial charge in [0.2, 0.25) is 0 Å². The molecule has 0 fully saturated rings. The number of hydrogen-bond acceptors (Lipinski definition) is 5. The largest absolute Gasteiger partial charge is 0.434 e. The minimum absolute atomic E-state index is 0.246. The zero-order chi connectivity index (χ0) is 13.5. The van der Waals surface area contributed by atoms with E-state index in [4.69, 9.17) is 12.2 Å². The molecule has 96 valence electrons. The summed E-state index contributed by atoms with van der Waals surface area (Å²) >= 11 is 4.90. The standard InChI is InChI=1S/C9H12N6O2S/c1-3-4-10-8(18)13-12-6-7-5-11-9(14(7)2)15(16)17/h3,5-6H,1,4H2,2H3,(H2,10,13,18). The molecule has 0 radical (unpaired) electrons. The van der Waals surface area contributed by atoms with E-state index < -0.39 is 4.92 Å². The second-order valence-corrected chi connectivity index (χ2v) is 3.58. The van der Waals surface area contributed by atoms with Crippen LogP contribution in [-0.2, 0) is 7.05 Å². The molecule has 0 aliphatic heterocycles. The van der Waals surface area contributed by atoms with E-state index in [-0.39, 0.29) is 5.95 Å². The van der Waals surface area contributed by atoms with Crippen LogP contribution in [0.25, 0.3) is 0 Å². The van der Waals surface area contributed by atoms with Crippen LogP contribution in [0.4, 0.5) is 5.95 Å². The Labute approximate surface area is 109 Å². The molecule has 18 heavy (non-hydrogen) atoms. The van der Waals surface area contributed by atoms with Crippen LogP contribution < -0.4 is 10.7 Å². The molecule has 2 N–H and O–H groups in total. The molecule has 0 bridgehead atoms. The molecule has 1 heterocycles. The summed E-state index contributed by atoms with van der Waals surface area (Å²) < 4.78 is 1.31. The van der Waals surface area contributed by atoms with Gasteiger partial charge < -0.3 is 15.4 Å². The summed E-state index contributed by atoms with van der Waals surface area (Å²) in [5.74, 6) is -0.246. The Balaban J connectivity index is 2.60. The van der Waals surface area contributed by atoms with E-state index in [1.54, 1.807) is 6.08 Å². The predicted molar refractivity (Wildman–Crippen MR) is 71.4 cm³/mol. The first-order valence-electron chi connectivity index (χ1n) is 4.90. The zero-order valence-electron chi connectivity index (χ0n) is 9.66. The molecule has 0 spiro atoms. The number of rotatable bonds is 5. The average Bonchev–Trinajstić information content (AvgIpc) is 2.68. The lowest BCUT2D eigenvalue weighted by Gasteiger charge is -2.02. The lowest BCUT2D eigenvalue weighted by atomic mass is 10.5. The molecule has 9 heteroatoms. The highest BCUT2D eigenvalue weighted by Gasteiger charge is 2.15. The summed E-state index contributed by atoms with van der Waals surface area (Å²) in [7, 11) is 1.53. The fourth-order valence-electron chi connectivity index (χ4n) is 1.06.